The summed E-state index contributed by atoms with van der Waals surface area (Å²) in [5.41, 5.74) is 0.555. The smallest absolute Gasteiger partial charge is 0.252 e. The molecule has 5 heteroatoms. The van der Waals surface area contributed by atoms with E-state index in [4.69, 9.17) is 0 Å². The summed E-state index contributed by atoms with van der Waals surface area (Å²) in [5, 5.41) is 3.92. The van der Waals surface area contributed by atoms with E-state index in [0.717, 1.165) is 31.8 Å². The van der Waals surface area contributed by atoms with E-state index in [2.05, 4.69) is 73.6 Å². The molecule has 0 heterocycles. The monoisotopic (exact) mass is 487 g/mol. The fraction of sp³-hybridized carbons (Fsp3) is 0.462. The molecule has 0 aliphatic carbocycles. The number of nitrogens with one attached hydrogen (secondary N) is 1. The summed E-state index contributed by atoms with van der Waals surface area (Å²) in [4.78, 5) is 12.4. The van der Waals surface area contributed by atoms with Crippen molar-refractivity contribution in [1.29, 1.82) is 0 Å². The lowest BCUT2D eigenvalue weighted by Crippen LogP contribution is -2.49. The number of hydrogen-bond acceptors (Lipinski definition) is 1. The topological polar surface area (TPSA) is 29.1 Å². The molecule has 1 amide bonds. The van der Waals surface area contributed by atoms with Crippen molar-refractivity contribution in [2.24, 2.45) is 0 Å². The molecule has 0 atom stereocenters. The van der Waals surface area contributed by atoms with Gasteiger partial charge in [-0.1, -0.05) is 45.7 Å². The van der Waals surface area contributed by atoms with E-state index in [1.54, 1.807) is 0 Å². The van der Waals surface area contributed by atoms with Gasteiger partial charge in [0.05, 0.1) is 5.56 Å². The van der Waals surface area contributed by atoms with Crippen molar-refractivity contribution in [3.05, 3.63) is 31.8 Å². The lowest BCUT2D eigenvalue weighted by atomic mass is 9.95. The minimum absolute atomic E-state index is 0.0103. The molecular formula is C13H16Br2INO. The second-order valence-corrected chi connectivity index (χ2v) is 6.84. The van der Waals surface area contributed by atoms with E-state index in [1.165, 1.54) is 0 Å². The fourth-order valence-electron chi connectivity index (χ4n) is 1.63. The van der Waals surface area contributed by atoms with Crippen LogP contribution in [0.3, 0.4) is 0 Å². The Kier molecular flexibility index (Phi) is 6.61. The van der Waals surface area contributed by atoms with Crippen LogP contribution in [-0.4, -0.2) is 16.8 Å². The average Bonchev–Trinajstić information content (AvgIpc) is 2.38. The number of hydrogen-bond donors (Lipinski definition) is 1. The van der Waals surface area contributed by atoms with Gasteiger partial charge in [-0.3, -0.25) is 4.79 Å². The SMILES string of the molecule is CCC(CC)(CBr)NC(=O)c1cc(Br)ccc1I. The number of benzene rings is 1. The maximum Gasteiger partial charge on any atom is 0.252 e. The van der Waals surface area contributed by atoms with Crippen LogP contribution in [0, 0.1) is 3.57 Å². The highest BCUT2D eigenvalue weighted by Crippen LogP contribution is 2.22. The van der Waals surface area contributed by atoms with Crippen LogP contribution in [0.5, 0.6) is 0 Å². The highest BCUT2D eigenvalue weighted by atomic mass is 127. The summed E-state index contributed by atoms with van der Waals surface area (Å²) in [5.74, 6) is -0.0103. The molecule has 0 aliphatic rings. The van der Waals surface area contributed by atoms with Crippen LogP contribution < -0.4 is 5.32 Å². The van der Waals surface area contributed by atoms with Crippen molar-refractivity contribution in [2.75, 3.05) is 5.33 Å². The molecule has 0 bridgehead atoms. The normalized spacial score (nSPS) is 11.4. The summed E-state index contributed by atoms with van der Waals surface area (Å²) in [6.07, 6.45) is 1.82. The van der Waals surface area contributed by atoms with Gasteiger partial charge in [-0.15, -0.1) is 0 Å². The first-order valence-corrected chi connectivity index (χ1v) is 8.81. The Morgan fingerprint density at radius 1 is 1.39 bits per heavy atom. The molecule has 1 N–H and O–H groups in total. The predicted octanol–water partition coefficient (Wildman–Crippen LogP) is 4.74. The minimum Gasteiger partial charge on any atom is -0.346 e. The molecule has 0 spiro atoms. The van der Waals surface area contributed by atoms with Gasteiger partial charge in [0.2, 0.25) is 0 Å². The van der Waals surface area contributed by atoms with Gasteiger partial charge >= 0.3 is 0 Å². The Labute approximate surface area is 139 Å². The Balaban J connectivity index is 2.97. The number of rotatable bonds is 5. The van der Waals surface area contributed by atoms with Crippen LogP contribution in [-0.2, 0) is 0 Å². The maximum atomic E-state index is 12.4. The first-order chi connectivity index (χ1) is 8.48. The molecule has 1 aromatic carbocycles. The second-order valence-electron chi connectivity index (χ2n) is 4.20. The summed E-state index contributed by atoms with van der Waals surface area (Å²) in [6.45, 7) is 4.19. The van der Waals surface area contributed by atoms with E-state index in [-0.39, 0.29) is 11.4 Å². The lowest BCUT2D eigenvalue weighted by Gasteiger charge is -2.31. The highest BCUT2D eigenvalue weighted by molar-refractivity contribution is 14.1. The van der Waals surface area contributed by atoms with Crippen molar-refractivity contribution in [1.82, 2.24) is 5.32 Å². The average molecular weight is 489 g/mol. The van der Waals surface area contributed by atoms with Gasteiger partial charge in [0.1, 0.15) is 0 Å². The largest absolute Gasteiger partial charge is 0.346 e. The fourth-order valence-corrected chi connectivity index (χ4v) is 3.50. The molecule has 0 fully saturated rings. The molecule has 18 heavy (non-hydrogen) atoms. The highest BCUT2D eigenvalue weighted by Gasteiger charge is 2.27. The zero-order valence-electron chi connectivity index (χ0n) is 10.4. The molecule has 100 valence electrons. The number of alkyl halides is 1. The van der Waals surface area contributed by atoms with E-state index in [1.807, 2.05) is 18.2 Å². The summed E-state index contributed by atoms with van der Waals surface area (Å²) in [7, 11) is 0. The Morgan fingerprint density at radius 2 is 2.00 bits per heavy atom. The number of halogens is 3. The number of carbonyl (C=O) groups is 1. The zero-order valence-corrected chi connectivity index (χ0v) is 15.7. The van der Waals surface area contributed by atoms with E-state index in [9.17, 15) is 4.79 Å². The summed E-state index contributed by atoms with van der Waals surface area (Å²) < 4.78 is 1.88. The minimum atomic E-state index is -0.164. The van der Waals surface area contributed by atoms with Gasteiger partial charge in [0.25, 0.3) is 5.91 Å². The lowest BCUT2D eigenvalue weighted by molar-refractivity contribution is 0.0902. The van der Waals surface area contributed by atoms with Crippen LogP contribution in [0.15, 0.2) is 22.7 Å². The van der Waals surface area contributed by atoms with Gasteiger partial charge in [-0.05, 0) is 53.6 Å². The third-order valence-corrected chi connectivity index (χ3v) is 5.67. The molecule has 2 nitrogen and oxygen atoms in total. The standard InChI is InChI=1S/C13H16Br2INO/c1-3-13(4-2,8-14)17-12(18)10-7-9(15)5-6-11(10)16/h5-7H,3-4,8H2,1-2H3,(H,17,18). The van der Waals surface area contributed by atoms with Gasteiger partial charge < -0.3 is 5.32 Å². The van der Waals surface area contributed by atoms with Crippen molar-refractivity contribution < 1.29 is 4.79 Å². The molecule has 1 rings (SSSR count). The predicted molar refractivity (Wildman–Crippen MR) is 91.4 cm³/mol. The van der Waals surface area contributed by atoms with Crippen LogP contribution in [0.4, 0.5) is 0 Å². The van der Waals surface area contributed by atoms with E-state index in [0.29, 0.717) is 0 Å². The molecule has 0 saturated carbocycles. The number of carbonyl (C=O) groups excluding carboxylic acids is 1. The molecule has 1 aromatic rings. The molecule has 0 saturated heterocycles. The molecule has 0 aliphatic heterocycles. The third-order valence-electron chi connectivity index (χ3n) is 3.16. The van der Waals surface area contributed by atoms with E-state index < -0.39 is 0 Å². The Morgan fingerprint density at radius 3 is 2.50 bits per heavy atom. The molecule has 0 unspecified atom stereocenters. The quantitative estimate of drug-likeness (QED) is 0.471. The summed E-state index contributed by atoms with van der Waals surface area (Å²) >= 11 is 9.09. The Hall–Kier alpha value is 0.380. The second kappa shape index (κ2) is 7.24. The van der Waals surface area contributed by atoms with Gasteiger partial charge in [-0.25, -0.2) is 0 Å². The van der Waals surface area contributed by atoms with Crippen molar-refractivity contribution in [2.45, 2.75) is 32.2 Å². The van der Waals surface area contributed by atoms with Crippen molar-refractivity contribution >= 4 is 60.4 Å². The van der Waals surface area contributed by atoms with Gasteiger partial charge in [-0.2, -0.15) is 0 Å². The van der Waals surface area contributed by atoms with Crippen LogP contribution in [0.1, 0.15) is 37.0 Å². The first kappa shape index (κ1) is 16.4. The Bertz CT molecular complexity index is 425. The summed E-state index contributed by atoms with van der Waals surface area (Å²) in [6, 6.07) is 5.74. The first-order valence-electron chi connectivity index (χ1n) is 5.81. The van der Waals surface area contributed by atoms with E-state index >= 15 is 0 Å². The van der Waals surface area contributed by atoms with Crippen LogP contribution in [0.2, 0.25) is 0 Å². The number of amides is 1. The van der Waals surface area contributed by atoms with Crippen molar-refractivity contribution in [3.8, 4) is 0 Å². The van der Waals surface area contributed by atoms with Crippen LogP contribution >= 0.6 is 54.5 Å². The maximum absolute atomic E-state index is 12.4. The van der Waals surface area contributed by atoms with Gasteiger partial charge in [0, 0.05) is 18.9 Å². The third kappa shape index (κ3) is 3.93. The van der Waals surface area contributed by atoms with Crippen molar-refractivity contribution in [3.63, 3.8) is 0 Å². The molecule has 0 radical (unpaired) electrons. The van der Waals surface area contributed by atoms with Gasteiger partial charge in [0.15, 0.2) is 0 Å². The zero-order chi connectivity index (χ0) is 13.8. The molecular weight excluding hydrogens is 473 g/mol. The molecule has 0 aromatic heterocycles. The van der Waals surface area contributed by atoms with Crippen LogP contribution in [0.25, 0.3) is 0 Å².